The standard InChI is InChI=1S/C22H24N2O3/c1-4-20(25)24(18-9-11-19(12-10-18)27-5-2)14-17-13-16-8-6-7-15(3)21(16)23-22(17)26/h6-13H,4-5,14H2,1-3H3,(H,23,26). The third kappa shape index (κ3) is 4.03. The van der Waals surface area contributed by atoms with Crippen LogP contribution in [-0.2, 0) is 11.3 Å². The number of H-pyrrole nitrogens is 1. The number of carbonyl (C=O) groups excluding carboxylic acids is 1. The lowest BCUT2D eigenvalue weighted by atomic mass is 10.1. The second kappa shape index (κ2) is 8.08. The van der Waals surface area contributed by atoms with Gasteiger partial charge in [0.1, 0.15) is 5.75 Å². The number of benzene rings is 2. The van der Waals surface area contributed by atoms with E-state index in [-0.39, 0.29) is 18.0 Å². The van der Waals surface area contributed by atoms with E-state index >= 15 is 0 Å². The largest absolute Gasteiger partial charge is 0.494 e. The summed E-state index contributed by atoms with van der Waals surface area (Å²) in [7, 11) is 0. The first-order valence-electron chi connectivity index (χ1n) is 9.18. The molecule has 1 N–H and O–H groups in total. The highest BCUT2D eigenvalue weighted by Gasteiger charge is 2.17. The lowest BCUT2D eigenvalue weighted by Gasteiger charge is -2.22. The maximum absolute atomic E-state index is 12.6. The van der Waals surface area contributed by atoms with Crippen molar-refractivity contribution in [1.29, 1.82) is 0 Å². The number of amides is 1. The Morgan fingerprint density at radius 2 is 1.85 bits per heavy atom. The van der Waals surface area contributed by atoms with Crippen molar-refractivity contribution in [3.05, 3.63) is 70.0 Å². The molecule has 0 spiro atoms. The van der Waals surface area contributed by atoms with Crippen LogP contribution in [0.25, 0.3) is 10.9 Å². The Hall–Kier alpha value is -3.08. The molecule has 0 aliphatic rings. The third-order valence-corrected chi connectivity index (χ3v) is 4.56. The number of hydrogen-bond acceptors (Lipinski definition) is 3. The smallest absolute Gasteiger partial charge is 0.253 e. The normalized spacial score (nSPS) is 10.8. The molecule has 0 saturated carbocycles. The average molecular weight is 364 g/mol. The quantitative estimate of drug-likeness (QED) is 0.714. The Morgan fingerprint density at radius 1 is 1.11 bits per heavy atom. The van der Waals surface area contributed by atoms with Crippen LogP contribution in [0.3, 0.4) is 0 Å². The molecule has 0 saturated heterocycles. The van der Waals surface area contributed by atoms with Gasteiger partial charge in [0, 0.05) is 17.7 Å². The van der Waals surface area contributed by atoms with Crippen LogP contribution in [-0.4, -0.2) is 17.5 Å². The van der Waals surface area contributed by atoms with Gasteiger partial charge in [-0.1, -0.05) is 25.1 Å². The zero-order valence-electron chi connectivity index (χ0n) is 15.9. The van der Waals surface area contributed by atoms with Gasteiger partial charge in [0.25, 0.3) is 5.56 Å². The van der Waals surface area contributed by atoms with Crippen molar-refractivity contribution >= 4 is 22.5 Å². The van der Waals surface area contributed by atoms with Crippen molar-refractivity contribution in [3.63, 3.8) is 0 Å². The maximum Gasteiger partial charge on any atom is 0.253 e. The summed E-state index contributed by atoms with van der Waals surface area (Å²) in [4.78, 5) is 29.7. The van der Waals surface area contributed by atoms with E-state index in [1.54, 1.807) is 4.90 Å². The topological polar surface area (TPSA) is 62.4 Å². The number of aryl methyl sites for hydroxylation is 1. The van der Waals surface area contributed by atoms with Crippen LogP contribution in [0.15, 0.2) is 53.3 Å². The molecule has 0 aliphatic heterocycles. The Balaban J connectivity index is 1.97. The molecule has 3 rings (SSSR count). The molecule has 1 amide bonds. The second-order valence-electron chi connectivity index (χ2n) is 6.42. The minimum absolute atomic E-state index is 0.0390. The SMILES string of the molecule is CCOc1ccc(N(Cc2cc3cccc(C)c3[nH]c2=O)C(=O)CC)cc1. The zero-order valence-corrected chi connectivity index (χ0v) is 15.9. The summed E-state index contributed by atoms with van der Waals surface area (Å²) in [6, 6.07) is 15.1. The summed E-state index contributed by atoms with van der Waals surface area (Å²) in [5, 5.41) is 0.959. The molecule has 3 aromatic rings. The highest BCUT2D eigenvalue weighted by molar-refractivity contribution is 5.93. The van der Waals surface area contributed by atoms with E-state index in [4.69, 9.17) is 4.74 Å². The van der Waals surface area contributed by atoms with Crippen LogP contribution in [0.1, 0.15) is 31.4 Å². The Labute approximate surface area is 158 Å². The van der Waals surface area contributed by atoms with E-state index in [9.17, 15) is 9.59 Å². The van der Waals surface area contributed by atoms with Crippen LogP contribution in [0.2, 0.25) is 0 Å². The summed E-state index contributed by atoms with van der Waals surface area (Å²) >= 11 is 0. The summed E-state index contributed by atoms with van der Waals surface area (Å²) in [5.41, 5.74) is 2.99. The lowest BCUT2D eigenvalue weighted by Crippen LogP contribution is -2.32. The molecule has 2 aromatic carbocycles. The number of ether oxygens (including phenoxy) is 1. The number of aromatic amines is 1. The second-order valence-corrected chi connectivity index (χ2v) is 6.42. The molecule has 0 unspecified atom stereocenters. The van der Waals surface area contributed by atoms with Gasteiger partial charge < -0.3 is 14.6 Å². The number of nitrogens with zero attached hydrogens (tertiary/aromatic N) is 1. The molecule has 5 nitrogen and oxygen atoms in total. The summed E-state index contributed by atoms with van der Waals surface area (Å²) < 4.78 is 5.47. The minimum Gasteiger partial charge on any atom is -0.494 e. The van der Waals surface area contributed by atoms with Crippen molar-refractivity contribution < 1.29 is 9.53 Å². The van der Waals surface area contributed by atoms with Crippen molar-refractivity contribution in [2.24, 2.45) is 0 Å². The molecule has 27 heavy (non-hydrogen) atoms. The van der Waals surface area contributed by atoms with E-state index in [1.165, 1.54) is 0 Å². The number of nitrogens with one attached hydrogen (secondary N) is 1. The molecular formula is C22H24N2O3. The van der Waals surface area contributed by atoms with Gasteiger partial charge in [-0.15, -0.1) is 0 Å². The third-order valence-electron chi connectivity index (χ3n) is 4.56. The number of para-hydroxylation sites is 1. The van der Waals surface area contributed by atoms with Gasteiger partial charge in [-0.25, -0.2) is 0 Å². The van der Waals surface area contributed by atoms with Crippen LogP contribution >= 0.6 is 0 Å². The van der Waals surface area contributed by atoms with Crippen molar-refractivity contribution in [1.82, 2.24) is 4.98 Å². The van der Waals surface area contributed by atoms with E-state index in [2.05, 4.69) is 4.98 Å². The van der Waals surface area contributed by atoms with E-state index in [1.807, 2.05) is 69.3 Å². The highest BCUT2D eigenvalue weighted by atomic mass is 16.5. The molecule has 1 heterocycles. The van der Waals surface area contributed by atoms with Gasteiger partial charge in [0.05, 0.1) is 18.7 Å². The van der Waals surface area contributed by atoms with E-state index in [0.717, 1.165) is 27.9 Å². The van der Waals surface area contributed by atoms with Crippen molar-refractivity contribution in [3.8, 4) is 5.75 Å². The predicted molar refractivity (Wildman–Crippen MR) is 108 cm³/mol. The summed E-state index contributed by atoms with van der Waals surface area (Å²) in [6.07, 6.45) is 0.359. The average Bonchev–Trinajstić information content (AvgIpc) is 2.67. The monoisotopic (exact) mass is 364 g/mol. The number of pyridine rings is 1. The first-order chi connectivity index (χ1) is 13.0. The fourth-order valence-electron chi connectivity index (χ4n) is 3.12. The first kappa shape index (κ1) is 18.7. The molecule has 140 valence electrons. The molecule has 0 aliphatic carbocycles. The molecule has 5 heteroatoms. The fraction of sp³-hybridized carbons (Fsp3) is 0.273. The van der Waals surface area contributed by atoms with E-state index < -0.39 is 0 Å². The van der Waals surface area contributed by atoms with Gasteiger partial charge in [-0.05, 0) is 55.1 Å². The van der Waals surface area contributed by atoms with Crippen molar-refractivity contribution in [2.75, 3.05) is 11.5 Å². The molecule has 1 aromatic heterocycles. The summed E-state index contributed by atoms with van der Waals surface area (Å²) in [5.74, 6) is 0.715. The fourth-order valence-corrected chi connectivity index (χ4v) is 3.12. The van der Waals surface area contributed by atoms with Crippen LogP contribution in [0.5, 0.6) is 5.75 Å². The van der Waals surface area contributed by atoms with Gasteiger partial charge in [-0.2, -0.15) is 0 Å². The lowest BCUT2D eigenvalue weighted by molar-refractivity contribution is -0.118. The molecular weight excluding hydrogens is 340 g/mol. The van der Waals surface area contributed by atoms with E-state index in [0.29, 0.717) is 18.6 Å². The molecule has 0 bridgehead atoms. The van der Waals surface area contributed by atoms with Crippen molar-refractivity contribution in [2.45, 2.75) is 33.7 Å². The number of carbonyl (C=O) groups is 1. The van der Waals surface area contributed by atoms with Gasteiger partial charge in [-0.3, -0.25) is 9.59 Å². The number of rotatable bonds is 6. The minimum atomic E-state index is -0.170. The number of hydrogen-bond donors (Lipinski definition) is 1. The van der Waals surface area contributed by atoms with Crippen LogP contribution in [0, 0.1) is 6.92 Å². The Bertz CT molecular complexity index is 1010. The maximum atomic E-state index is 12.6. The van der Waals surface area contributed by atoms with Crippen LogP contribution < -0.4 is 15.2 Å². The molecule has 0 atom stereocenters. The highest BCUT2D eigenvalue weighted by Crippen LogP contribution is 2.23. The number of anilines is 1. The van der Waals surface area contributed by atoms with Gasteiger partial charge in [0.2, 0.25) is 5.91 Å². The molecule has 0 radical (unpaired) electrons. The van der Waals surface area contributed by atoms with Gasteiger partial charge >= 0.3 is 0 Å². The number of aromatic nitrogens is 1. The predicted octanol–water partition coefficient (Wildman–Crippen LogP) is 4.18. The zero-order chi connectivity index (χ0) is 19.4. The van der Waals surface area contributed by atoms with Crippen LogP contribution in [0.4, 0.5) is 5.69 Å². The Morgan fingerprint density at radius 3 is 2.52 bits per heavy atom. The van der Waals surface area contributed by atoms with Gasteiger partial charge in [0.15, 0.2) is 0 Å². The first-order valence-corrected chi connectivity index (χ1v) is 9.18. The summed E-state index contributed by atoms with van der Waals surface area (Å²) in [6.45, 7) is 6.51. The molecule has 0 fully saturated rings. The number of fused-ring (bicyclic) bond motifs is 1. The Kier molecular flexibility index (Phi) is 5.60.